The number of hydrogen-bond donors (Lipinski definition) is 0. The maximum absolute atomic E-state index is 5.46. The average Bonchev–Trinajstić information content (AvgIpc) is 2.37. The highest BCUT2D eigenvalue weighted by molar-refractivity contribution is 5.38. The lowest BCUT2D eigenvalue weighted by Gasteiger charge is -2.57. The molecule has 0 nitrogen and oxygen atoms in total. The third-order valence-corrected chi connectivity index (χ3v) is 5.70. The second-order valence-electron chi connectivity index (χ2n) is 6.92. The van der Waals surface area contributed by atoms with Gasteiger partial charge in [0.25, 0.3) is 0 Å². The van der Waals surface area contributed by atoms with E-state index in [4.69, 9.17) is 6.42 Å². The summed E-state index contributed by atoms with van der Waals surface area (Å²) in [6, 6.07) is 8.88. The van der Waals surface area contributed by atoms with Crippen LogP contribution in [-0.2, 0) is 5.41 Å². The Balaban J connectivity index is 1.72. The lowest BCUT2D eigenvalue weighted by atomic mass is 9.48. The molecular weight excluding hydrogens is 216 g/mol. The molecule has 0 radical (unpaired) electrons. The van der Waals surface area contributed by atoms with E-state index in [9.17, 15) is 0 Å². The number of rotatable bonds is 1. The second kappa shape index (κ2) is 3.64. The van der Waals surface area contributed by atoms with Crippen LogP contribution in [0.2, 0.25) is 0 Å². The zero-order valence-electron chi connectivity index (χ0n) is 10.9. The molecule has 0 N–H and O–H groups in total. The predicted molar refractivity (Wildman–Crippen MR) is 74.2 cm³/mol. The molecule has 4 bridgehead atoms. The zero-order valence-corrected chi connectivity index (χ0v) is 10.9. The molecule has 1 aromatic carbocycles. The number of benzene rings is 1. The zero-order chi connectivity index (χ0) is 12.2. The molecule has 5 rings (SSSR count). The van der Waals surface area contributed by atoms with Crippen LogP contribution in [0.15, 0.2) is 24.3 Å². The largest absolute Gasteiger partial charge is 0.115 e. The number of terminal acetylenes is 1. The Morgan fingerprint density at radius 3 is 1.83 bits per heavy atom. The first-order valence-electron chi connectivity index (χ1n) is 7.34. The van der Waals surface area contributed by atoms with E-state index in [-0.39, 0.29) is 0 Å². The Bertz CT molecular complexity index is 465. The molecule has 4 fully saturated rings. The average molecular weight is 236 g/mol. The van der Waals surface area contributed by atoms with E-state index in [1.54, 1.807) is 5.56 Å². The van der Waals surface area contributed by atoms with Crippen LogP contribution in [0.4, 0.5) is 0 Å². The van der Waals surface area contributed by atoms with Gasteiger partial charge in [0.1, 0.15) is 0 Å². The van der Waals surface area contributed by atoms with E-state index in [1.165, 1.54) is 38.5 Å². The predicted octanol–water partition coefficient (Wildman–Crippen LogP) is 4.14. The molecule has 0 aromatic heterocycles. The molecule has 0 saturated heterocycles. The Hall–Kier alpha value is -1.22. The van der Waals surface area contributed by atoms with E-state index >= 15 is 0 Å². The lowest BCUT2D eigenvalue weighted by Crippen LogP contribution is -2.48. The molecule has 0 amide bonds. The molecule has 4 saturated carbocycles. The van der Waals surface area contributed by atoms with Crippen LogP contribution >= 0.6 is 0 Å². The topological polar surface area (TPSA) is 0 Å². The van der Waals surface area contributed by atoms with Crippen molar-refractivity contribution in [3.8, 4) is 12.3 Å². The SMILES string of the molecule is C#Cc1ccc(C23CC4CC(CC(C4)C2)C3)cc1. The van der Waals surface area contributed by atoms with Gasteiger partial charge in [-0.15, -0.1) is 6.42 Å². The van der Waals surface area contributed by atoms with Gasteiger partial charge in [-0.05, 0) is 79.4 Å². The minimum atomic E-state index is 0.516. The van der Waals surface area contributed by atoms with Crippen molar-refractivity contribution in [2.75, 3.05) is 0 Å². The summed E-state index contributed by atoms with van der Waals surface area (Å²) in [6.07, 6.45) is 14.3. The molecule has 0 heteroatoms. The van der Waals surface area contributed by atoms with Crippen molar-refractivity contribution >= 4 is 0 Å². The van der Waals surface area contributed by atoms with Crippen LogP contribution < -0.4 is 0 Å². The third-order valence-electron chi connectivity index (χ3n) is 5.70. The van der Waals surface area contributed by atoms with Gasteiger partial charge in [-0.1, -0.05) is 18.1 Å². The summed E-state index contributed by atoms with van der Waals surface area (Å²) in [6.45, 7) is 0. The first-order chi connectivity index (χ1) is 8.77. The molecular formula is C18H20. The highest BCUT2D eigenvalue weighted by Crippen LogP contribution is 2.60. The van der Waals surface area contributed by atoms with Crippen molar-refractivity contribution in [3.63, 3.8) is 0 Å². The van der Waals surface area contributed by atoms with Crippen LogP contribution in [0, 0.1) is 30.1 Å². The fourth-order valence-electron chi connectivity index (χ4n) is 5.38. The Labute approximate surface area is 110 Å². The van der Waals surface area contributed by atoms with Gasteiger partial charge >= 0.3 is 0 Å². The fraction of sp³-hybridized carbons (Fsp3) is 0.556. The van der Waals surface area contributed by atoms with Gasteiger partial charge in [-0.25, -0.2) is 0 Å². The fourth-order valence-corrected chi connectivity index (χ4v) is 5.38. The van der Waals surface area contributed by atoms with Crippen LogP contribution in [0.5, 0.6) is 0 Å². The van der Waals surface area contributed by atoms with Crippen molar-refractivity contribution in [2.24, 2.45) is 17.8 Å². The van der Waals surface area contributed by atoms with E-state index in [0.717, 1.165) is 23.3 Å². The summed E-state index contributed by atoms with van der Waals surface area (Å²) in [4.78, 5) is 0. The van der Waals surface area contributed by atoms with E-state index in [0.29, 0.717) is 5.41 Å². The number of hydrogen-bond acceptors (Lipinski definition) is 0. The lowest BCUT2D eigenvalue weighted by molar-refractivity contribution is -0.00518. The Kier molecular flexibility index (Phi) is 2.16. The molecule has 0 heterocycles. The molecule has 0 aliphatic heterocycles. The van der Waals surface area contributed by atoms with E-state index < -0.39 is 0 Å². The van der Waals surface area contributed by atoms with Crippen molar-refractivity contribution in [2.45, 2.75) is 43.9 Å². The smallest absolute Gasteiger partial charge is 0.0242 e. The summed E-state index contributed by atoms with van der Waals surface area (Å²) in [7, 11) is 0. The summed E-state index contributed by atoms with van der Waals surface area (Å²) in [5.74, 6) is 5.78. The molecule has 0 atom stereocenters. The van der Waals surface area contributed by atoms with Crippen LogP contribution in [0.25, 0.3) is 0 Å². The van der Waals surface area contributed by atoms with Crippen molar-refractivity contribution in [3.05, 3.63) is 35.4 Å². The maximum atomic E-state index is 5.46. The minimum absolute atomic E-state index is 0.516. The summed E-state index contributed by atoms with van der Waals surface area (Å²) < 4.78 is 0. The molecule has 0 spiro atoms. The highest BCUT2D eigenvalue weighted by Gasteiger charge is 2.51. The molecule has 18 heavy (non-hydrogen) atoms. The van der Waals surface area contributed by atoms with Gasteiger partial charge in [-0.2, -0.15) is 0 Å². The van der Waals surface area contributed by atoms with Crippen LogP contribution in [0.1, 0.15) is 49.7 Å². The quantitative estimate of drug-likeness (QED) is 0.643. The molecule has 0 unspecified atom stereocenters. The van der Waals surface area contributed by atoms with Crippen LogP contribution in [-0.4, -0.2) is 0 Å². The van der Waals surface area contributed by atoms with E-state index in [1.807, 2.05) is 0 Å². The first-order valence-corrected chi connectivity index (χ1v) is 7.34. The summed E-state index contributed by atoms with van der Waals surface area (Å²) >= 11 is 0. The highest BCUT2D eigenvalue weighted by atomic mass is 14.6. The Morgan fingerprint density at radius 2 is 1.39 bits per heavy atom. The first kappa shape index (κ1) is 10.7. The van der Waals surface area contributed by atoms with Gasteiger partial charge in [0.05, 0.1) is 0 Å². The summed E-state index contributed by atoms with van der Waals surface area (Å²) in [5, 5.41) is 0. The van der Waals surface area contributed by atoms with Gasteiger partial charge in [0.2, 0.25) is 0 Å². The van der Waals surface area contributed by atoms with Crippen LogP contribution in [0.3, 0.4) is 0 Å². The van der Waals surface area contributed by atoms with Gasteiger partial charge in [-0.3, -0.25) is 0 Å². The monoisotopic (exact) mass is 236 g/mol. The minimum Gasteiger partial charge on any atom is -0.115 e. The molecule has 92 valence electrons. The third kappa shape index (κ3) is 1.46. The Morgan fingerprint density at radius 1 is 0.889 bits per heavy atom. The molecule has 1 aromatic rings. The second-order valence-corrected chi connectivity index (χ2v) is 6.92. The van der Waals surface area contributed by atoms with Crippen molar-refractivity contribution in [1.29, 1.82) is 0 Å². The van der Waals surface area contributed by atoms with Gasteiger partial charge in [0, 0.05) is 5.56 Å². The van der Waals surface area contributed by atoms with Gasteiger partial charge in [0.15, 0.2) is 0 Å². The normalized spacial score (nSPS) is 40.7. The standard InChI is InChI=1S/C18H20/c1-2-13-3-5-17(6-4-13)18-10-14-7-15(11-18)9-16(8-14)12-18/h1,3-6,14-16H,7-12H2. The van der Waals surface area contributed by atoms with Crippen molar-refractivity contribution in [1.82, 2.24) is 0 Å². The van der Waals surface area contributed by atoms with E-state index in [2.05, 4.69) is 30.2 Å². The van der Waals surface area contributed by atoms with Gasteiger partial charge < -0.3 is 0 Å². The maximum Gasteiger partial charge on any atom is 0.0242 e. The van der Waals surface area contributed by atoms with Crippen molar-refractivity contribution < 1.29 is 0 Å². The summed E-state index contributed by atoms with van der Waals surface area (Å²) in [5.41, 5.74) is 3.10. The molecule has 4 aliphatic carbocycles. The molecule has 4 aliphatic rings.